The molecule has 1 aromatic rings. The quantitative estimate of drug-likeness (QED) is 0.846. The van der Waals surface area contributed by atoms with Crippen LogP contribution in [0.25, 0.3) is 0 Å². The lowest BCUT2D eigenvalue weighted by atomic mass is 9.96. The summed E-state index contributed by atoms with van der Waals surface area (Å²) in [5.74, 6) is 0.227. The normalized spacial score (nSPS) is 18.2. The third-order valence-electron chi connectivity index (χ3n) is 2.98. The largest absolute Gasteiger partial charge is 0.491 e. The molecule has 1 N–H and O–H groups in total. The van der Waals surface area contributed by atoms with Crippen molar-refractivity contribution in [2.75, 3.05) is 13.3 Å². The zero-order valence-corrected chi connectivity index (χ0v) is 11.2. The summed E-state index contributed by atoms with van der Waals surface area (Å²) in [6.45, 7) is 3.04. The Labute approximate surface area is 101 Å². The number of aromatic nitrogens is 2. The summed E-state index contributed by atoms with van der Waals surface area (Å²) in [6.07, 6.45) is 7.10. The van der Waals surface area contributed by atoms with E-state index in [1.807, 2.05) is 0 Å². The van der Waals surface area contributed by atoms with Crippen LogP contribution >= 0.6 is 7.37 Å². The molecule has 96 valence electrons. The van der Waals surface area contributed by atoms with Crippen LogP contribution in [0.4, 0.5) is 0 Å². The lowest BCUT2D eigenvalue weighted by Crippen LogP contribution is -2.13. The molecule has 1 fully saturated rings. The average molecular weight is 258 g/mol. The van der Waals surface area contributed by atoms with Crippen LogP contribution < -0.4 is 4.52 Å². The molecule has 1 aliphatic rings. The minimum atomic E-state index is -2.65. The second-order valence-corrected chi connectivity index (χ2v) is 7.60. The smallest absolute Gasteiger partial charge is 0.253 e. The van der Waals surface area contributed by atoms with Gasteiger partial charge in [0.05, 0.1) is 12.2 Å². The summed E-state index contributed by atoms with van der Waals surface area (Å²) in [6, 6.07) is 0.245. The number of aromatic hydroxyl groups is 1. The molecule has 1 aliphatic carbocycles. The Kier molecular flexibility index (Phi) is 3.48. The molecule has 0 aromatic carbocycles. The summed E-state index contributed by atoms with van der Waals surface area (Å²) in [5.41, 5.74) is 0. The topological polar surface area (TPSA) is 64.3 Å². The van der Waals surface area contributed by atoms with Crippen LogP contribution in [0.5, 0.6) is 11.6 Å². The first-order chi connectivity index (χ1) is 7.97. The standard InChI is InChI=1S/C11H19N2O3P/c1-17(2,15)16-10-8-12-13(11(10)14)9-6-4-3-5-7-9/h8-9,14H,3-7H2,1-2H3. The van der Waals surface area contributed by atoms with E-state index < -0.39 is 7.37 Å². The van der Waals surface area contributed by atoms with Crippen LogP contribution in [0.2, 0.25) is 0 Å². The van der Waals surface area contributed by atoms with E-state index in [9.17, 15) is 9.67 Å². The first-order valence-electron chi connectivity index (χ1n) is 5.98. The third kappa shape index (κ3) is 3.03. The molecule has 0 saturated heterocycles. The predicted molar refractivity (Wildman–Crippen MR) is 66.1 cm³/mol. The molecule has 1 heterocycles. The van der Waals surface area contributed by atoms with E-state index in [-0.39, 0.29) is 17.7 Å². The Bertz CT molecular complexity index is 432. The molecule has 0 bridgehead atoms. The molecule has 2 rings (SSSR count). The van der Waals surface area contributed by atoms with Gasteiger partial charge in [-0.05, 0) is 12.8 Å². The fourth-order valence-corrected chi connectivity index (χ4v) is 2.84. The van der Waals surface area contributed by atoms with Crippen LogP contribution in [0.3, 0.4) is 0 Å². The van der Waals surface area contributed by atoms with Crippen molar-refractivity contribution in [3.63, 3.8) is 0 Å². The lowest BCUT2D eigenvalue weighted by molar-refractivity contribution is 0.286. The minimum Gasteiger partial charge on any atom is -0.491 e. The van der Waals surface area contributed by atoms with E-state index in [1.165, 1.54) is 38.8 Å². The molecule has 5 nitrogen and oxygen atoms in total. The minimum absolute atomic E-state index is 0.000764. The maximum Gasteiger partial charge on any atom is 0.253 e. The van der Waals surface area contributed by atoms with Gasteiger partial charge in [0.15, 0.2) is 0 Å². The van der Waals surface area contributed by atoms with Crippen LogP contribution in [0.1, 0.15) is 38.1 Å². The third-order valence-corrected chi connectivity index (χ3v) is 3.61. The molecule has 0 unspecified atom stereocenters. The van der Waals surface area contributed by atoms with E-state index in [2.05, 4.69) is 5.10 Å². The van der Waals surface area contributed by atoms with Crippen molar-refractivity contribution < 1.29 is 14.2 Å². The second-order valence-electron chi connectivity index (χ2n) is 4.91. The maximum atomic E-state index is 11.6. The SMILES string of the molecule is CP(C)(=O)Oc1cnn(C2CCCCC2)c1O. The number of hydrogen-bond donors (Lipinski definition) is 1. The highest BCUT2D eigenvalue weighted by atomic mass is 31.2. The van der Waals surface area contributed by atoms with Gasteiger partial charge >= 0.3 is 0 Å². The Balaban J connectivity index is 2.17. The summed E-state index contributed by atoms with van der Waals surface area (Å²) >= 11 is 0. The van der Waals surface area contributed by atoms with Crippen LogP contribution in [-0.4, -0.2) is 28.2 Å². The fourth-order valence-electron chi connectivity index (χ4n) is 2.23. The van der Waals surface area contributed by atoms with Gasteiger partial charge in [0.1, 0.15) is 0 Å². The Morgan fingerprint density at radius 3 is 2.65 bits per heavy atom. The molecular weight excluding hydrogens is 239 g/mol. The van der Waals surface area contributed by atoms with Crippen LogP contribution in [0.15, 0.2) is 6.20 Å². The van der Waals surface area contributed by atoms with Gasteiger partial charge < -0.3 is 9.63 Å². The number of nitrogens with zero attached hydrogens (tertiary/aromatic N) is 2. The molecule has 1 aromatic heterocycles. The van der Waals surface area contributed by atoms with Crippen LogP contribution in [0, 0.1) is 0 Å². The lowest BCUT2D eigenvalue weighted by Gasteiger charge is -2.22. The summed E-state index contributed by atoms with van der Waals surface area (Å²) < 4.78 is 18.4. The van der Waals surface area contributed by atoms with Gasteiger partial charge in [-0.2, -0.15) is 5.10 Å². The first kappa shape index (κ1) is 12.5. The van der Waals surface area contributed by atoms with E-state index in [0.717, 1.165) is 12.8 Å². The molecule has 1 saturated carbocycles. The Hall–Kier alpha value is -0.960. The summed E-state index contributed by atoms with van der Waals surface area (Å²) in [4.78, 5) is 0. The first-order valence-corrected chi connectivity index (χ1v) is 8.50. The zero-order chi connectivity index (χ0) is 12.5. The predicted octanol–water partition coefficient (Wildman–Crippen LogP) is 3.01. The van der Waals surface area contributed by atoms with Crippen molar-refractivity contribution in [3.05, 3.63) is 6.20 Å². The average Bonchev–Trinajstić information content (AvgIpc) is 2.60. The zero-order valence-electron chi connectivity index (χ0n) is 10.3. The van der Waals surface area contributed by atoms with Gasteiger partial charge in [-0.3, -0.25) is 4.57 Å². The molecular formula is C11H19N2O3P. The highest BCUT2D eigenvalue weighted by molar-refractivity contribution is 7.57. The van der Waals surface area contributed by atoms with Crippen molar-refractivity contribution in [2.45, 2.75) is 38.1 Å². The van der Waals surface area contributed by atoms with Crippen molar-refractivity contribution >= 4 is 7.37 Å². The van der Waals surface area contributed by atoms with Gasteiger partial charge in [-0.1, -0.05) is 19.3 Å². The number of hydrogen-bond acceptors (Lipinski definition) is 4. The molecule has 0 amide bonds. The summed E-state index contributed by atoms with van der Waals surface area (Å²) in [7, 11) is -2.65. The molecule has 0 atom stereocenters. The highest BCUT2D eigenvalue weighted by Gasteiger charge is 2.23. The van der Waals surface area contributed by atoms with Gasteiger partial charge in [0.2, 0.25) is 13.1 Å². The molecule has 17 heavy (non-hydrogen) atoms. The number of rotatable bonds is 3. The van der Waals surface area contributed by atoms with E-state index >= 15 is 0 Å². The van der Waals surface area contributed by atoms with Crippen molar-refractivity contribution in [3.8, 4) is 11.6 Å². The van der Waals surface area contributed by atoms with Gasteiger partial charge in [-0.15, -0.1) is 0 Å². The monoisotopic (exact) mass is 258 g/mol. The molecule has 0 aliphatic heterocycles. The van der Waals surface area contributed by atoms with Gasteiger partial charge in [0, 0.05) is 13.3 Å². The molecule has 6 heteroatoms. The van der Waals surface area contributed by atoms with E-state index in [1.54, 1.807) is 4.68 Å². The van der Waals surface area contributed by atoms with Gasteiger partial charge in [0.25, 0.3) is 5.88 Å². The van der Waals surface area contributed by atoms with Crippen molar-refractivity contribution in [1.82, 2.24) is 9.78 Å². The van der Waals surface area contributed by atoms with Crippen LogP contribution in [-0.2, 0) is 4.57 Å². The maximum absolute atomic E-state index is 11.6. The second kappa shape index (κ2) is 4.73. The molecule has 0 spiro atoms. The van der Waals surface area contributed by atoms with E-state index in [0.29, 0.717) is 0 Å². The molecule has 0 radical (unpaired) electrons. The fraction of sp³-hybridized carbons (Fsp3) is 0.727. The Morgan fingerprint density at radius 1 is 1.41 bits per heavy atom. The Morgan fingerprint density at radius 2 is 2.06 bits per heavy atom. The van der Waals surface area contributed by atoms with E-state index in [4.69, 9.17) is 4.52 Å². The van der Waals surface area contributed by atoms with Crippen molar-refractivity contribution in [2.24, 2.45) is 0 Å². The van der Waals surface area contributed by atoms with Crippen molar-refractivity contribution in [1.29, 1.82) is 0 Å². The summed E-state index contributed by atoms with van der Waals surface area (Å²) in [5, 5.41) is 14.1. The highest BCUT2D eigenvalue weighted by Crippen LogP contribution is 2.43. The van der Waals surface area contributed by atoms with Gasteiger partial charge in [-0.25, -0.2) is 4.68 Å².